The first-order valence-electron chi connectivity index (χ1n) is 7.20. The minimum absolute atomic E-state index is 0.853. The minimum Gasteiger partial charge on any atom is -0.497 e. The largest absolute Gasteiger partial charge is 0.497 e. The lowest BCUT2D eigenvalue weighted by Crippen LogP contribution is -2.01. The molecule has 1 heterocycles. The molecular formula is C18H18N2OS. The van der Waals surface area contributed by atoms with Gasteiger partial charge in [0.05, 0.1) is 12.2 Å². The zero-order valence-corrected chi connectivity index (χ0v) is 13.3. The van der Waals surface area contributed by atoms with Crippen LogP contribution < -0.4 is 10.1 Å². The van der Waals surface area contributed by atoms with Crippen molar-refractivity contribution in [1.29, 1.82) is 0 Å². The SMILES string of the molecule is COc1ccc(NC(=CC2=NCCS2)c2ccccc2)cc1. The molecule has 0 fully saturated rings. The van der Waals surface area contributed by atoms with Crippen LogP contribution in [0.2, 0.25) is 0 Å². The number of hydrogen-bond acceptors (Lipinski definition) is 4. The fraction of sp³-hybridized carbons (Fsp3) is 0.167. The Morgan fingerprint density at radius 2 is 1.91 bits per heavy atom. The molecule has 0 unspecified atom stereocenters. The molecule has 22 heavy (non-hydrogen) atoms. The van der Waals surface area contributed by atoms with Gasteiger partial charge in [-0.25, -0.2) is 0 Å². The summed E-state index contributed by atoms with van der Waals surface area (Å²) in [6.45, 7) is 0.904. The van der Waals surface area contributed by atoms with Crippen molar-refractivity contribution in [3.8, 4) is 5.75 Å². The number of thioether (sulfide) groups is 1. The van der Waals surface area contributed by atoms with Crippen LogP contribution >= 0.6 is 11.8 Å². The third-order valence-electron chi connectivity index (χ3n) is 3.33. The molecule has 2 aromatic carbocycles. The van der Waals surface area contributed by atoms with Gasteiger partial charge in [-0.15, -0.1) is 11.8 Å². The van der Waals surface area contributed by atoms with E-state index in [-0.39, 0.29) is 0 Å². The Balaban J connectivity index is 1.87. The first kappa shape index (κ1) is 14.7. The minimum atomic E-state index is 0.853. The van der Waals surface area contributed by atoms with Gasteiger partial charge in [0.15, 0.2) is 0 Å². The van der Waals surface area contributed by atoms with Crippen LogP contribution in [0.15, 0.2) is 65.7 Å². The summed E-state index contributed by atoms with van der Waals surface area (Å²) in [5.74, 6) is 1.92. The molecule has 3 rings (SSSR count). The normalized spacial score (nSPS) is 14.6. The molecule has 1 aliphatic rings. The van der Waals surface area contributed by atoms with E-state index in [0.29, 0.717) is 0 Å². The molecule has 0 aromatic heterocycles. The maximum absolute atomic E-state index is 5.20. The third kappa shape index (κ3) is 3.71. The molecule has 0 amide bonds. The van der Waals surface area contributed by atoms with Crippen LogP contribution in [-0.4, -0.2) is 24.5 Å². The Kier molecular flexibility index (Phi) is 4.81. The van der Waals surface area contributed by atoms with Crippen LogP contribution in [0.4, 0.5) is 5.69 Å². The zero-order valence-electron chi connectivity index (χ0n) is 12.5. The maximum Gasteiger partial charge on any atom is 0.119 e. The average molecular weight is 310 g/mol. The summed E-state index contributed by atoms with van der Waals surface area (Å²) in [6.07, 6.45) is 2.12. The van der Waals surface area contributed by atoms with E-state index >= 15 is 0 Å². The summed E-state index contributed by atoms with van der Waals surface area (Å²) in [5.41, 5.74) is 3.23. The first-order valence-corrected chi connectivity index (χ1v) is 8.19. The van der Waals surface area contributed by atoms with E-state index < -0.39 is 0 Å². The summed E-state index contributed by atoms with van der Waals surface area (Å²) in [5, 5.41) is 4.57. The number of hydrogen-bond donors (Lipinski definition) is 1. The molecule has 0 atom stereocenters. The van der Waals surface area contributed by atoms with Gasteiger partial charge in [-0.05, 0) is 35.9 Å². The van der Waals surface area contributed by atoms with Crippen LogP contribution in [0, 0.1) is 0 Å². The van der Waals surface area contributed by atoms with E-state index in [4.69, 9.17) is 4.74 Å². The highest BCUT2D eigenvalue weighted by Crippen LogP contribution is 2.23. The second kappa shape index (κ2) is 7.18. The lowest BCUT2D eigenvalue weighted by Gasteiger charge is -2.12. The molecule has 0 aliphatic carbocycles. The maximum atomic E-state index is 5.20. The van der Waals surface area contributed by atoms with Crippen LogP contribution in [0.5, 0.6) is 5.75 Å². The number of benzene rings is 2. The summed E-state index contributed by atoms with van der Waals surface area (Å²) >= 11 is 1.80. The van der Waals surface area contributed by atoms with Gasteiger partial charge < -0.3 is 10.1 Å². The van der Waals surface area contributed by atoms with Crippen molar-refractivity contribution in [3.63, 3.8) is 0 Å². The lowest BCUT2D eigenvalue weighted by atomic mass is 10.1. The smallest absolute Gasteiger partial charge is 0.119 e. The van der Waals surface area contributed by atoms with Crippen molar-refractivity contribution in [3.05, 3.63) is 66.2 Å². The number of aliphatic imine (C=N–C) groups is 1. The molecule has 1 aliphatic heterocycles. The fourth-order valence-electron chi connectivity index (χ4n) is 2.20. The number of ether oxygens (including phenoxy) is 1. The van der Waals surface area contributed by atoms with Gasteiger partial charge in [-0.3, -0.25) is 4.99 Å². The average Bonchev–Trinajstić information content (AvgIpc) is 3.09. The summed E-state index contributed by atoms with van der Waals surface area (Å²) in [7, 11) is 1.67. The Morgan fingerprint density at radius 3 is 2.55 bits per heavy atom. The molecule has 0 saturated carbocycles. The highest BCUT2D eigenvalue weighted by Gasteiger charge is 2.08. The first-order chi connectivity index (χ1) is 10.8. The second-order valence-electron chi connectivity index (χ2n) is 4.85. The van der Waals surface area contributed by atoms with Gasteiger partial charge in [0.2, 0.25) is 0 Å². The Bertz CT molecular complexity index is 678. The monoisotopic (exact) mass is 310 g/mol. The van der Waals surface area contributed by atoms with Gasteiger partial charge >= 0.3 is 0 Å². The molecule has 4 heteroatoms. The fourth-order valence-corrected chi connectivity index (χ4v) is 2.98. The van der Waals surface area contributed by atoms with Gasteiger partial charge in [0.1, 0.15) is 5.75 Å². The molecule has 2 aromatic rings. The van der Waals surface area contributed by atoms with E-state index in [1.165, 1.54) is 0 Å². The van der Waals surface area contributed by atoms with E-state index in [1.54, 1.807) is 18.9 Å². The summed E-state index contributed by atoms with van der Waals surface area (Å²) in [4.78, 5) is 4.51. The van der Waals surface area contributed by atoms with Gasteiger partial charge in [0.25, 0.3) is 0 Å². The van der Waals surface area contributed by atoms with Crippen molar-refractivity contribution in [2.45, 2.75) is 0 Å². The topological polar surface area (TPSA) is 33.6 Å². The summed E-state index contributed by atoms with van der Waals surface area (Å²) in [6, 6.07) is 18.2. The van der Waals surface area contributed by atoms with Crippen molar-refractivity contribution in [2.75, 3.05) is 24.7 Å². The number of nitrogens with one attached hydrogen (secondary N) is 1. The Hall–Kier alpha value is -2.20. The number of nitrogens with zero attached hydrogens (tertiary/aromatic N) is 1. The highest BCUT2D eigenvalue weighted by atomic mass is 32.2. The second-order valence-corrected chi connectivity index (χ2v) is 5.96. The molecule has 0 radical (unpaired) electrons. The van der Waals surface area contributed by atoms with E-state index in [1.807, 2.05) is 42.5 Å². The van der Waals surface area contributed by atoms with E-state index in [0.717, 1.165) is 40.0 Å². The van der Waals surface area contributed by atoms with Crippen LogP contribution in [-0.2, 0) is 0 Å². The molecule has 1 N–H and O–H groups in total. The predicted octanol–water partition coefficient (Wildman–Crippen LogP) is 4.29. The molecular weight excluding hydrogens is 292 g/mol. The third-order valence-corrected chi connectivity index (χ3v) is 4.26. The van der Waals surface area contributed by atoms with Crippen LogP contribution in [0.25, 0.3) is 5.70 Å². The van der Waals surface area contributed by atoms with Gasteiger partial charge in [-0.2, -0.15) is 0 Å². The molecule has 3 nitrogen and oxygen atoms in total. The van der Waals surface area contributed by atoms with E-state index in [2.05, 4.69) is 28.5 Å². The molecule has 0 bridgehead atoms. The number of anilines is 1. The predicted molar refractivity (Wildman–Crippen MR) is 95.8 cm³/mol. The number of rotatable bonds is 5. The lowest BCUT2D eigenvalue weighted by molar-refractivity contribution is 0.415. The van der Waals surface area contributed by atoms with Gasteiger partial charge in [-0.1, -0.05) is 30.3 Å². The summed E-state index contributed by atoms with van der Waals surface area (Å²) < 4.78 is 5.20. The molecule has 112 valence electrons. The standard InChI is InChI=1S/C18H18N2OS/c1-21-16-9-7-15(8-10-16)20-17(13-18-19-11-12-22-18)14-5-3-2-4-6-14/h2-10,13,20H,11-12H2,1H3. The quantitative estimate of drug-likeness (QED) is 0.894. The van der Waals surface area contributed by atoms with Crippen LogP contribution in [0.1, 0.15) is 5.56 Å². The number of methoxy groups -OCH3 is 1. The molecule has 0 saturated heterocycles. The van der Waals surface area contributed by atoms with E-state index in [9.17, 15) is 0 Å². The highest BCUT2D eigenvalue weighted by molar-refractivity contribution is 8.14. The van der Waals surface area contributed by atoms with Gasteiger partial charge in [0, 0.05) is 23.7 Å². The van der Waals surface area contributed by atoms with Crippen molar-refractivity contribution < 1.29 is 4.74 Å². The zero-order chi connectivity index (χ0) is 15.2. The Morgan fingerprint density at radius 1 is 1.14 bits per heavy atom. The molecule has 0 spiro atoms. The van der Waals surface area contributed by atoms with Crippen molar-refractivity contribution >= 4 is 28.2 Å². The van der Waals surface area contributed by atoms with Crippen molar-refractivity contribution in [1.82, 2.24) is 0 Å². The van der Waals surface area contributed by atoms with Crippen LogP contribution in [0.3, 0.4) is 0 Å². The Labute approximate surface area is 135 Å². The van der Waals surface area contributed by atoms with Crippen molar-refractivity contribution in [2.24, 2.45) is 4.99 Å².